The van der Waals surface area contributed by atoms with Gasteiger partial charge < -0.3 is 10.6 Å². The zero-order valence-corrected chi connectivity index (χ0v) is 12.9. The minimum atomic E-state index is 0.565. The molecule has 5 nitrogen and oxygen atoms in total. The Kier molecular flexibility index (Phi) is 4.60. The highest BCUT2D eigenvalue weighted by Crippen LogP contribution is 2.17. The van der Waals surface area contributed by atoms with Gasteiger partial charge in [-0.1, -0.05) is 0 Å². The molecule has 0 saturated heterocycles. The second-order valence-electron chi connectivity index (χ2n) is 5.70. The van der Waals surface area contributed by atoms with Crippen molar-refractivity contribution in [1.29, 1.82) is 0 Å². The number of imidazole rings is 1. The molecule has 0 aliphatic carbocycles. The summed E-state index contributed by atoms with van der Waals surface area (Å²) in [6.07, 6.45) is 2.24. The lowest BCUT2D eigenvalue weighted by molar-refractivity contribution is 0.266. The molecule has 2 aromatic rings. The summed E-state index contributed by atoms with van der Waals surface area (Å²) < 4.78 is 2.03. The van der Waals surface area contributed by atoms with E-state index < -0.39 is 0 Å². The van der Waals surface area contributed by atoms with Gasteiger partial charge in [-0.15, -0.1) is 0 Å². The normalized spacial score (nSPS) is 11.9. The zero-order valence-electron chi connectivity index (χ0n) is 12.9. The quantitative estimate of drug-likeness (QED) is 0.823. The van der Waals surface area contributed by atoms with Crippen LogP contribution in [0, 0.1) is 6.92 Å². The average Bonchev–Trinajstić information content (AvgIpc) is 2.70. The molecule has 110 valence electrons. The minimum Gasteiger partial charge on any atom is -0.369 e. The zero-order chi connectivity index (χ0) is 14.7. The van der Waals surface area contributed by atoms with Crippen LogP contribution in [0.1, 0.15) is 32.4 Å². The molecule has 2 heterocycles. The van der Waals surface area contributed by atoms with E-state index in [1.807, 2.05) is 23.6 Å². The van der Waals surface area contributed by atoms with Gasteiger partial charge in [0.2, 0.25) is 5.95 Å². The third-order valence-electron chi connectivity index (χ3n) is 3.79. The molecule has 0 amide bonds. The number of hydrogen-bond donors (Lipinski definition) is 1. The fourth-order valence-corrected chi connectivity index (χ4v) is 2.22. The first-order valence-corrected chi connectivity index (χ1v) is 7.28. The molecular formula is C15H25N5. The van der Waals surface area contributed by atoms with Crippen molar-refractivity contribution in [2.24, 2.45) is 0 Å². The maximum Gasteiger partial charge on any atom is 0.202 e. The second-order valence-corrected chi connectivity index (χ2v) is 5.70. The van der Waals surface area contributed by atoms with Crippen molar-refractivity contribution in [2.45, 2.75) is 46.2 Å². The Hall–Kier alpha value is -1.62. The Morgan fingerprint density at radius 1 is 1.25 bits per heavy atom. The van der Waals surface area contributed by atoms with Crippen molar-refractivity contribution in [1.82, 2.24) is 19.4 Å². The minimum absolute atomic E-state index is 0.565. The highest BCUT2D eigenvalue weighted by Gasteiger charge is 2.09. The molecule has 0 spiro atoms. The molecule has 20 heavy (non-hydrogen) atoms. The monoisotopic (exact) mass is 275 g/mol. The van der Waals surface area contributed by atoms with Crippen LogP contribution in [0.4, 0.5) is 5.95 Å². The summed E-state index contributed by atoms with van der Waals surface area (Å²) in [5.41, 5.74) is 8.78. The van der Waals surface area contributed by atoms with Crippen LogP contribution in [0.25, 0.3) is 11.2 Å². The van der Waals surface area contributed by atoms with Crippen LogP contribution >= 0.6 is 0 Å². The lowest BCUT2D eigenvalue weighted by atomic mass is 10.2. The summed E-state index contributed by atoms with van der Waals surface area (Å²) in [6.45, 7) is 8.41. The molecule has 0 radical (unpaired) electrons. The number of rotatable bonds is 6. The molecule has 0 aliphatic heterocycles. The summed E-state index contributed by atoms with van der Waals surface area (Å²) in [5.74, 6) is 0.565. The SMILES string of the molecule is Cc1ccc2nc(N)n(CCCCN(C)C(C)C)c2n1. The van der Waals surface area contributed by atoms with Gasteiger partial charge in [0, 0.05) is 18.3 Å². The van der Waals surface area contributed by atoms with Crippen molar-refractivity contribution < 1.29 is 0 Å². The maximum absolute atomic E-state index is 6.00. The van der Waals surface area contributed by atoms with Gasteiger partial charge in [-0.25, -0.2) is 9.97 Å². The van der Waals surface area contributed by atoms with Gasteiger partial charge in [0.1, 0.15) is 5.52 Å². The third-order valence-corrected chi connectivity index (χ3v) is 3.79. The predicted octanol–water partition coefficient (Wildman–Crippen LogP) is 2.44. The van der Waals surface area contributed by atoms with Crippen LogP contribution in [0.5, 0.6) is 0 Å². The summed E-state index contributed by atoms with van der Waals surface area (Å²) >= 11 is 0. The first-order chi connectivity index (χ1) is 9.49. The lowest BCUT2D eigenvalue weighted by Gasteiger charge is -2.20. The predicted molar refractivity (Wildman–Crippen MR) is 83.7 cm³/mol. The van der Waals surface area contributed by atoms with Gasteiger partial charge in [-0.05, 0) is 59.3 Å². The molecule has 2 N–H and O–H groups in total. The van der Waals surface area contributed by atoms with Gasteiger partial charge in [0.15, 0.2) is 5.65 Å². The lowest BCUT2D eigenvalue weighted by Crippen LogP contribution is -2.27. The number of anilines is 1. The number of pyridine rings is 1. The second kappa shape index (κ2) is 6.22. The molecule has 0 bridgehead atoms. The number of hydrogen-bond acceptors (Lipinski definition) is 4. The number of aryl methyl sites for hydroxylation is 2. The van der Waals surface area contributed by atoms with Gasteiger partial charge in [-0.3, -0.25) is 4.57 Å². The molecule has 5 heteroatoms. The van der Waals surface area contributed by atoms with Gasteiger partial charge in [0.25, 0.3) is 0 Å². The molecule has 2 aromatic heterocycles. The van der Waals surface area contributed by atoms with Gasteiger partial charge >= 0.3 is 0 Å². The van der Waals surface area contributed by atoms with Gasteiger partial charge in [0.05, 0.1) is 0 Å². The van der Waals surface area contributed by atoms with E-state index in [2.05, 4.69) is 35.8 Å². The van der Waals surface area contributed by atoms with Gasteiger partial charge in [-0.2, -0.15) is 0 Å². The Morgan fingerprint density at radius 3 is 2.70 bits per heavy atom. The average molecular weight is 275 g/mol. The standard InChI is InChI=1S/C15H25N5/c1-11(2)19(4)9-5-6-10-20-14-13(18-15(20)16)8-7-12(3)17-14/h7-8,11H,5-6,9-10H2,1-4H3,(H2,16,18). The largest absolute Gasteiger partial charge is 0.369 e. The molecular weight excluding hydrogens is 250 g/mol. The molecule has 0 unspecified atom stereocenters. The van der Waals surface area contributed by atoms with Crippen LogP contribution in [-0.4, -0.2) is 39.1 Å². The van der Waals surface area contributed by atoms with Crippen molar-refractivity contribution >= 4 is 17.1 Å². The smallest absolute Gasteiger partial charge is 0.202 e. The van der Waals surface area contributed by atoms with Crippen LogP contribution in [0.3, 0.4) is 0 Å². The highest BCUT2D eigenvalue weighted by molar-refractivity contribution is 5.74. The van der Waals surface area contributed by atoms with Crippen molar-refractivity contribution in [3.8, 4) is 0 Å². The Labute approximate surface area is 120 Å². The molecule has 2 rings (SSSR count). The summed E-state index contributed by atoms with van der Waals surface area (Å²) in [5, 5.41) is 0. The van der Waals surface area contributed by atoms with E-state index in [9.17, 15) is 0 Å². The van der Waals surface area contributed by atoms with Crippen LogP contribution < -0.4 is 5.73 Å². The maximum atomic E-state index is 6.00. The Balaban J connectivity index is 1.99. The molecule has 0 fully saturated rings. The first kappa shape index (κ1) is 14.8. The first-order valence-electron chi connectivity index (χ1n) is 7.28. The number of unbranched alkanes of at least 4 members (excludes halogenated alkanes) is 1. The fraction of sp³-hybridized carbons (Fsp3) is 0.600. The third kappa shape index (κ3) is 3.28. The topological polar surface area (TPSA) is 60.0 Å². The van der Waals surface area contributed by atoms with Crippen LogP contribution in [0.2, 0.25) is 0 Å². The summed E-state index contributed by atoms with van der Waals surface area (Å²) in [6, 6.07) is 4.55. The van der Waals surface area contributed by atoms with Crippen molar-refractivity contribution in [3.05, 3.63) is 17.8 Å². The summed E-state index contributed by atoms with van der Waals surface area (Å²) in [4.78, 5) is 11.3. The van der Waals surface area contributed by atoms with E-state index in [1.54, 1.807) is 0 Å². The van der Waals surface area contributed by atoms with Crippen LogP contribution in [0.15, 0.2) is 12.1 Å². The van der Waals surface area contributed by atoms with E-state index >= 15 is 0 Å². The van der Waals surface area contributed by atoms with E-state index in [-0.39, 0.29) is 0 Å². The van der Waals surface area contributed by atoms with E-state index in [4.69, 9.17) is 5.73 Å². The Bertz CT molecular complexity index is 573. The number of nitrogens with zero attached hydrogens (tertiary/aromatic N) is 4. The van der Waals surface area contributed by atoms with E-state index in [0.717, 1.165) is 42.8 Å². The van der Waals surface area contributed by atoms with Crippen molar-refractivity contribution in [3.63, 3.8) is 0 Å². The molecule has 0 aliphatic rings. The number of fused-ring (bicyclic) bond motifs is 1. The fourth-order valence-electron chi connectivity index (χ4n) is 2.22. The van der Waals surface area contributed by atoms with Crippen molar-refractivity contribution in [2.75, 3.05) is 19.3 Å². The number of nitrogens with two attached hydrogens (primary N) is 1. The Morgan fingerprint density at radius 2 is 2.00 bits per heavy atom. The number of aromatic nitrogens is 3. The number of nitrogen functional groups attached to an aromatic ring is 1. The molecule has 0 saturated carbocycles. The van der Waals surface area contributed by atoms with Crippen LogP contribution in [-0.2, 0) is 6.54 Å². The van der Waals surface area contributed by atoms with E-state index in [1.165, 1.54) is 0 Å². The van der Waals surface area contributed by atoms with E-state index in [0.29, 0.717) is 12.0 Å². The molecule has 0 aromatic carbocycles. The summed E-state index contributed by atoms with van der Waals surface area (Å²) in [7, 11) is 2.16. The molecule has 0 atom stereocenters. The highest BCUT2D eigenvalue weighted by atomic mass is 15.2.